The summed E-state index contributed by atoms with van der Waals surface area (Å²) >= 11 is 0. The van der Waals surface area contributed by atoms with E-state index in [0.717, 1.165) is 11.1 Å². The maximum absolute atomic E-state index is 13.4. The molecule has 7 heteroatoms. The van der Waals surface area contributed by atoms with Gasteiger partial charge in [-0.1, -0.05) is 30.3 Å². The lowest BCUT2D eigenvalue weighted by Crippen LogP contribution is -2.22. The van der Waals surface area contributed by atoms with Gasteiger partial charge >= 0.3 is 5.97 Å². The second kappa shape index (κ2) is 7.41. The molecule has 7 nitrogen and oxygen atoms in total. The summed E-state index contributed by atoms with van der Waals surface area (Å²) in [4.78, 5) is 25.8. The van der Waals surface area contributed by atoms with E-state index in [1.807, 2.05) is 42.5 Å². The summed E-state index contributed by atoms with van der Waals surface area (Å²) in [6, 6.07) is 16.3. The lowest BCUT2D eigenvalue weighted by Gasteiger charge is -2.26. The molecule has 6 rings (SSSR count). The highest BCUT2D eigenvalue weighted by Crippen LogP contribution is 2.48. The van der Waals surface area contributed by atoms with Crippen molar-refractivity contribution in [1.29, 1.82) is 0 Å². The van der Waals surface area contributed by atoms with Crippen LogP contribution < -0.4 is 24.4 Å². The number of fused-ring (bicyclic) bond motifs is 4. The van der Waals surface area contributed by atoms with E-state index >= 15 is 0 Å². The third-order valence-electron chi connectivity index (χ3n) is 6.05. The van der Waals surface area contributed by atoms with Gasteiger partial charge in [0.25, 0.3) is 0 Å². The molecule has 0 spiro atoms. The summed E-state index contributed by atoms with van der Waals surface area (Å²) in [5.74, 6) is 1.16. The first-order valence-electron chi connectivity index (χ1n) is 10.5. The quantitative estimate of drug-likeness (QED) is 0.338. The first-order chi connectivity index (χ1) is 16.1. The number of methoxy groups -OCH3 is 1. The predicted molar refractivity (Wildman–Crippen MR) is 119 cm³/mol. The highest BCUT2D eigenvalue weighted by Gasteiger charge is 2.34. The zero-order valence-electron chi connectivity index (χ0n) is 17.6. The Kier molecular flexibility index (Phi) is 4.36. The van der Waals surface area contributed by atoms with Gasteiger partial charge in [0.05, 0.1) is 24.5 Å². The predicted octanol–water partition coefficient (Wildman–Crippen LogP) is 4.64. The van der Waals surface area contributed by atoms with Crippen LogP contribution in [-0.4, -0.2) is 19.9 Å². The summed E-state index contributed by atoms with van der Waals surface area (Å²) in [7, 11) is 1.55. The Labute approximate surface area is 188 Å². The Hall–Kier alpha value is -4.26. The highest BCUT2D eigenvalue weighted by atomic mass is 16.7. The first-order valence-corrected chi connectivity index (χ1v) is 10.5. The Bertz CT molecular complexity index is 1470. The van der Waals surface area contributed by atoms with Crippen molar-refractivity contribution >= 4 is 16.9 Å². The first kappa shape index (κ1) is 19.4. The van der Waals surface area contributed by atoms with Crippen LogP contribution in [0.3, 0.4) is 0 Å². The topological polar surface area (TPSA) is 84.2 Å². The van der Waals surface area contributed by atoms with Crippen LogP contribution in [0.1, 0.15) is 23.5 Å². The van der Waals surface area contributed by atoms with Gasteiger partial charge in [-0.15, -0.1) is 0 Å². The monoisotopic (exact) mass is 442 g/mol. The van der Waals surface area contributed by atoms with Crippen molar-refractivity contribution in [2.75, 3.05) is 13.9 Å². The number of esters is 1. The number of carbonyl (C=O) groups excluding carboxylic acids is 1. The van der Waals surface area contributed by atoms with Crippen LogP contribution in [0.2, 0.25) is 0 Å². The second-order valence-electron chi connectivity index (χ2n) is 7.89. The van der Waals surface area contributed by atoms with E-state index in [4.69, 9.17) is 23.4 Å². The minimum absolute atomic E-state index is 0.0824. The van der Waals surface area contributed by atoms with Crippen molar-refractivity contribution in [2.45, 2.75) is 12.3 Å². The van der Waals surface area contributed by atoms with Crippen LogP contribution in [0.4, 0.5) is 0 Å². The molecule has 0 saturated carbocycles. The summed E-state index contributed by atoms with van der Waals surface area (Å²) in [5.41, 5.74) is 2.91. The third kappa shape index (κ3) is 3.04. The van der Waals surface area contributed by atoms with E-state index in [-0.39, 0.29) is 24.6 Å². The van der Waals surface area contributed by atoms with Crippen LogP contribution in [-0.2, 0) is 4.79 Å². The molecule has 33 heavy (non-hydrogen) atoms. The van der Waals surface area contributed by atoms with Crippen molar-refractivity contribution in [3.8, 4) is 34.1 Å². The van der Waals surface area contributed by atoms with Crippen LogP contribution in [0, 0.1) is 0 Å². The molecule has 2 aliphatic rings. The van der Waals surface area contributed by atoms with Crippen LogP contribution in [0.5, 0.6) is 23.0 Å². The molecule has 4 aromatic rings. The Morgan fingerprint density at radius 3 is 2.64 bits per heavy atom. The normalized spacial score (nSPS) is 16.4. The number of rotatable bonds is 3. The molecule has 0 radical (unpaired) electrons. The maximum Gasteiger partial charge on any atom is 0.312 e. The smallest absolute Gasteiger partial charge is 0.312 e. The number of carbonyl (C=O) groups is 1. The minimum Gasteiger partial charge on any atom is -0.493 e. The zero-order valence-corrected chi connectivity index (χ0v) is 17.6. The third-order valence-corrected chi connectivity index (χ3v) is 6.05. The van der Waals surface area contributed by atoms with E-state index in [9.17, 15) is 9.59 Å². The average Bonchev–Trinajstić information content (AvgIpc) is 3.32. The number of ether oxygens (including phenoxy) is 4. The van der Waals surface area contributed by atoms with Gasteiger partial charge in [-0.3, -0.25) is 9.59 Å². The lowest BCUT2D eigenvalue weighted by molar-refractivity contribution is -0.135. The number of benzene rings is 3. The molecule has 0 saturated heterocycles. The highest BCUT2D eigenvalue weighted by molar-refractivity contribution is 5.90. The largest absolute Gasteiger partial charge is 0.493 e. The Morgan fingerprint density at radius 1 is 0.970 bits per heavy atom. The van der Waals surface area contributed by atoms with Gasteiger partial charge in [-0.2, -0.15) is 0 Å². The SMILES string of the molecule is COc1cc([C@H]2CC(=O)Oc3ccc4c(=O)c(-c5ccccc5)coc4c32)cc2c1OCO2. The van der Waals surface area contributed by atoms with Crippen molar-refractivity contribution in [2.24, 2.45) is 0 Å². The van der Waals surface area contributed by atoms with Crippen molar-refractivity contribution < 1.29 is 28.2 Å². The molecule has 0 N–H and O–H groups in total. The summed E-state index contributed by atoms with van der Waals surface area (Å²) in [6.45, 7) is 0.0957. The lowest BCUT2D eigenvalue weighted by atomic mass is 9.85. The van der Waals surface area contributed by atoms with E-state index < -0.39 is 5.92 Å². The van der Waals surface area contributed by atoms with Crippen LogP contribution in [0.25, 0.3) is 22.1 Å². The molecular formula is C26H18O7. The van der Waals surface area contributed by atoms with Gasteiger partial charge in [0, 0.05) is 11.5 Å². The maximum atomic E-state index is 13.4. The van der Waals surface area contributed by atoms with E-state index in [1.165, 1.54) is 6.26 Å². The standard InChI is InChI=1S/C26H18O7/c1-29-20-9-15(10-21-26(20)32-13-31-21)17-11-22(27)33-19-8-7-16-24(28)18(12-30-25(16)23(17)19)14-5-3-2-4-6-14/h2-10,12,17H,11,13H2,1H3/t17-/m1/s1. The van der Waals surface area contributed by atoms with Gasteiger partial charge in [0.15, 0.2) is 11.5 Å². The van der Waals surface area contributed by atoms with E-state index in [1.54, 1.807) is 19.2 Å². The van der Waals surface area contributed by atoms with Gasteiger partial charge in [-0.25, -0.2) is 0 Å². The molecule has 164 valence electrons. The number of hydrogen-bond acceptors (Lipinski definition) is 7. The summed E-state index contributed by atoms with van der Waals surface area (Å²) in [6.07, 6.45) is 1.55. The van der Waals surface area contributed by atoms with Gasteiger partial charge in [0.1, 0.15) is 17.6 Å². The van der Waals surface area contributed by atoms with Gasteiger partial charge in [0.2, 0.25) is 18.0 Å². The molecule has 0 bridgehead atoms. The molecule has 3 aromatic carbocycles. The molecule has 0 unspecified atom stereocenters. The fraction of sp³-hybridized carbons (Fsp3) is 0.154. The zero-order chi connectivity index (χ0) is 22.5. The fourth-order valence-electron chi connectivity index (χ4n) is 4.51. The Morgan fingerprint density at radius 2 is 1.82 bits per heavy atom. The van der Waals surface area contributed by atoms with Gasteiger partial charge < -0.3 is 23.4 Å². The van der Waals surface area contributed by atoms with Crippen molar-refractivity contribution in [3.05, 3.63) is 82.2 Å². The Balaban J connectivity index is 1.57. The minimum atomic E-state index is -0.418. The van der Waals surface area contributed by atoms with Crippen molar-refractivity contribution in [3.63, 3.8) is 0 Å². The molecule has 1 atom stereocenters. The van der Waals surface area contributed by atoms with Crippen LogP contribution >= 0.6 is 0 Å². The molecule has 0 amide bonds. The molecular weight excluding hydrogens is 424 g/mol. The van der Waals surface area contributed by atoms with Crippen LogP contribution in [0.15, 0.2) is 70.1 Å². The fourth-order valence-corrected chi connectivity index (χ4v) is 4.51. The number of hydrogen-bond donors (Lipinski definition) is 0. The summed E-state index contributed by atoms with van der Waals surface area (Å²) < 4.78 is 28.1. The average molecular weight is 442 g/mol. The molecule has 0 aliphatic carbocycles. The van der Waals surface area contributed by atoms with Gasteiger partial charge in [-0.05, 0) is 35.4 Å². The van der Waals surface area contributed by atoms with E-state index in [0.29, 0.717) is 45.1 Å². The second-order valence-corrected chi connectivity index (χ2v) is 7.89. The van der Waals surface area contributed by atoms with Crippen molar-refractivity contribution in [1.82, 2.24) is 0 Å². The molecule has 3 heterocycles. The molecule has 0 fully saturated rings. The van der Waals surface area contributed by atoms with E-state index in [2.05, 4.69) is 0 Å². The molecule has 2 aliphatic heterocycles. The molecule has 1 aromatic heterocycles. The summed E-state index contributed by atoms with van der Waals surface area (Å²) in [5, 5.41) is 0.422.